The number of hydrogen-bond acceptors (Lipinski definition) is 4. The average Bonchev–Trinajstić information content (AvgIpc) is 2.95. The van der Waals surface area contributed by atoms with Crippen molar-refractivity contribution in [1.82, 2.24) is 10.3 Å². The van der Waals surface area contributed by atoms with E-state index >= 15 is 0 Å². The zero-order valence-corrected chi connectivity index (χ0v) is 14.0. The van der Waals surface area contributed by atoms with Crippen molar-refractivity contribution in [2.75, 3.05) is 5.75 Å². The monoisotopic (exact) mass is 348 g/mol. The second-order valence-corrected chi connectivity index (χ2v) is 7.11. The molecule has 6 heteroatoms. The summed E-state index contributed by atoms with van der Waals surface area (Å²) >= 11 is 9.10. The first kappa shape index (κ1) is 15.3. The maximum Gasteiger partial charge on any atom is 0.230 e. The molecule has 2 aromatic carbocycles. The predicted molar refractivity (Wildman–Crippen MR) is 93.6 cm³/mol. The molecule has 112 valence electrons. The number of aromatic nitrogens is 1. The second-order valence-electron chi connectivity index (χ2n) is 4.57. The van der Waals surface area contributed by atoms with Crippen molar-refractivity contribution in [2.24, 2.45) is 0 Å². The van der Waals surface area contributed by atoms with Gasteiger partial charge in [-0.25, -0.2) is 4.98 Å². The number of halogens is 1. The molecule has 0 radical (unpaired) electrons. The number of para-hydroxylation sites is 1. The number of nitrogens with one attached hydrogen (secondary N) is 1. The molecule has 0 spiro atoms. The van der Waals surface area contributed by atoms with Gasteiger partial charge >= 0.3 is 0 Å². The van der Waals surface area contributed by atoms with Gasteiger partial charge in [-0.1, -0.05) is 35.9 Å². The summed E-state index contributed by atoms with van der Waals surface area (Å²) in [5, 5.41) is 4.48. The van der Waals surface area contributed by atoms with Gasteiger partial charge in [-0.2, -0.15) is 0 Å². The Balaban J connectivity index is 1.53. The highest BCUT2D eigenvalue weighted by molar-refractivity contribution is 8.00. The quantitative estimate of drug-likeness (QED) is 0.697. The Bertz CT molecular complexity index is 770. The minimum Gasteiger partial charge on any atom is -0.349 e. The van der Waals surface area contributed by atoms with Crippen LogP contribution in [0, 0.1) is 0 Å². The summed E-state index contributed by atoms with van der Waals surface area (Å²) in [5.74, 6) is 0.318. The first-order chi connectivity index (χ1) is 10.7. The molecule has 0 fully saturated rings. The standard InChI is InChI=1S/C16H13ClN2OS2/c17-11-5-1-3-7-13(11)21-10-15(20)18-9-16-19-12-6-2-4-8-14(12)22-16/h1-8H,9-10H2,(H,18,20). The summed E-state index contributed by atoms with van der Waals surface area (Å²) < 4.78 is 1.14. The van der Waals surface area contributed by atoms with Gasteiger partial charge in [0.25, 0.3) is 0 Å². The average molecular weight is 349 g/mol. The number of hydrogen-bond donors (Lipinski definition) is 1. The molecule has 22 heavy (non-hydrogen) atoms. The molecule has 0 saturated carbocycles. The topological polar surface area (TPSA) is 42.0 Å². The van der Waals surface area contributed by atoms with Crippen LogP contribution in [0.3, 0.4) is 0 Å². The predicted octanol–water partition coefficient (Wildman–Crippen LogP) is 4.36. The lowest BCUT2D eigenvalue weighted by Crippen LogP contribution is -2.24. The number of benzene rings is 2. The van der Waals surface area contributed by atoms with Gasteiger partial charge in [-0.3, -0.25) is 4.79 Å². The fraction of sp³-hybridized carbons (Fsp3) is 0.125. The molecule has 1 aromatic heterocycles. The van der Waals surface area contributed by atoms with Crippen molar-refractivity contribution in [3.05, 3.63) is 58.6 Å². The molecular formula is C16H13ClN2OS2. The number of thiazole rings is 1. The van der Waals surface area contributed by atoms with E-state index < -0.39 is 0 Å². The molecule has 0 aliphatic heterocycles. The van der Waals surface area contributed by atoms with Crippen molar-refractivity contribution in [2.45, 2.75) is 11.4 Å². The fourth-order valence-corrected chi connectivity index (χ4v) is 3.90. The molecule has 0 aliphatic carbocycles. The fourth-order valence-electron chi connectivity index (χ4n) is 1.93. The Morgan fingerprint density at radius 1 is 1.18 bits per heavy atom. The summed E-state index contributed by atoms with van der Waals surface area (Å²) in [4.78, 5) is 17.3. The van der Waals surface area contributed by atoms with E-state index in [0.29, 0.717) is 17.3 Å². The summed E-state index contributed by atoms with van der Waals surface area (Å²) in [7, 11) is 0. The van der Waals surface area contributed by atoms with Crippen LogP contribution in [0.4, 0.5) is 0 Å². The van der Waals surface area contributed by atoms with Gasteiger partial charge in [-0.05, 0) is 24.3 Å². The van der Waals surface area contributed by atoms with Crippen molar-refractivity contribution in [1.29, 1.82) is 0 Å². The second kappa shape index (κ2) is 7.13. The van der Waals surface area contributed by atoms with Crippen LogP contribution >= 0.6 is 34.7 Å². The van der Waals surface area contributed by atoms with Crippen LogP contribution < -0.4 is 5.32 Å². The number of fused-ring (bicyclic) bond motifs is 1. The number of carbonyl (C=O) groups excluding carboxylic acids is 1. The highest BCUT2D eigenvalue weighted by Gasteiger charge is 2.07. The Morgan fingerprint density at radius 3 is 2.77 bits per heavy atom. The van der Waals surface area contributed by atoms with Gasteiger partial charge in [0.15, 0.2) is 0 Å². The summed E-state index contributed by atoms with van der Waals surface area (Å²) in [6.45, 7) is 0.460. The Labute approximate surface area is 141 Å². The lowest BCUT2D eigenvalue weighted by molar-refractivity contribution is -0.118. The molecule has 1 N–H and O–H groups in total. The van der Waals surface area contributed by atoms with Crippen LogP contribution in [0.2, 0.25) is 5.02 Å². The maximum atomic E-state index is 11.9. The zero-order valence-electron chi connectivity index (χ0n) is 11.6. The molecule has 0 atom stereocenters. The Morgan fingerprint density at radius 2 is 1.95 bits per heavy atom. The van der Waals surface area contributed by atoms with E-state index in [9.17, 15) is 4.79 Å². The summed E-state index contributed by atoms with van der Waals surface area (Å²) in [5.41, 5.74) is 0.974. The molecule has 1 heterocycles. The summed E-state index contributed by atoms with van der Waals surface area (Å²) in [6.07, 6.45) is 0. The number of thioether (sulfide) groups is 1. The zero-order chi connectivity index (χ0) is 15.4. The van der Waals surface area contributed by atoms with Gasteiger partial charge in [0.05, 0.1) is 27.5 Å². The lowest BCUT2D eigenvalue weighted by atomic mass is 10.3. The van der Waals surface area contributed by atoms with E-state index in [0.717, 1.165) is 20.1 Å². The third kappa shape index (κ3) is 3.80. The number of carbonyl (C=O) groups is 1. The van der Waals surface area contributed by atoms with E-state index in [1.54, 1.807) is 11.3 Å². The first-order valence-corrected chi connectivity index (χ1v) is 8.89. The highest BCUT2D eigenvalue weighted by Crippen LogP contribution is 2.26. The van der Waals surface area contributed by atoms with Crippen molar-refractivity contribution >= 4 is 50.8 Å². The molecule has 1 amide bonds. The Kier molecular flexibility index (Phi) is 4.97. The van der Waals surface area contributed by atoms with Crippen LogP contribution in [0.1, 0.15) is 5.01 Å². The van der Waals surface area contributed by atoms with E-state index in [4.69, 9.17) is 11.6 Å². The van der Waals surface area contributed by atoms with Gasteiger partial charge in [0.1, 0.15) is 5.01 Å². The SMILES string of the molecule is O=C(CSc1ccccc1Cl)NCc1nc2ccccc2s1. The van der Waals surface area contributed by atoms with Crippen LogP contribution in [0.15, 0.2) is 53.4 Å². The molecule has 0 unspecified atom stereocenters. The van der Waals surface area contributed by atoms with Crippen molar-refractivity contribution < 1.29 is 4.79 Å². The molecule has 0 bridgehead atoms. The lowest BCUT2D eigenvalue weighted by Gasteiger charge is -2.04. The number of rotatable bonds is 5. The third-order valence-electron chi connectivity index (χ3n) is 2.97. The smallest absolute Gasteiger partial charge is 0.230 e. The number of nitrogens with zero attached hydrogens (tertiary/aromatic N) is 1. The van der Waals surface area contributed by atoms with E-state index in [2.05, 4.69) is 10.3 Å². The van der Waals surface area contributed by atoms with Gasteiger partial charge in [-0.15, -0.1) is 23.1 Å². The number of amides is 1. The van der Waals surface area contributed by atoms with Crippen LogP contribution in [0.5, 0.6) is 0 Å². The summed E-state index contributed by atoms with van der Waals surface area (Å²) in [6, 6.07) is 15.5. The van der Waals surface area contributed by atoms with E-state index in [1.807, 2.05) is 48.5 Å². The minimum atomic E-state index is -0.0239. The van der Waals surface area contributed by atoms with Gasteiger partial charge in [0.2, 0.25) is 5.91 Å². The van der Waals surface area contributed by atoms with Gasteiger partial charge < -0.3 is 5.32 Å². The van der Waals surface area contributed by atoms with Crippen molar-refractivity contribution in [3.8, 4) is 0 Å². The molecule has 3 rings (SSSR count). The largest absolute Gasteiger partial charge is 0.349 e. The molecule has 0 saturated heterocycles. The minimum absolute atomic E-state index is 0.0239. The Hall–Kier alpha value is -1.56. The molecule has 0 aliphatic rings. The van der Waals surface area contributed by atoms with Crippen LogP contribution in [-0.4, -0.2) is 16.6 Å². The molecular weight excluding hydrogens is 336 g/mol. The van der Waals surface area contributed by atoms with E-state index in [-0.39, 0.29) is 5.91 Å². The van der Waals surface area contributed by atoms with Crippen LogP contribution in [0.25, 0.3) is 10.2 Å². The third-order valence-corrected chi connectivity index (χ3v) is 5.52. The molecule has 3 aromatic rings. The highest BCUT2D eigenvalue weighted by atomic mass is 35.5. The van der Waals surface area contributed by atoms with Crippen molar-refractivity contribution in [3.63, 3.8) is 0 Å². The van der Waals surface area contributed by atoms with Gasteiger partial charge in [0, 0.05) is 4.90 Å². The normalized spacial score (nSPS) is 10.8. The van der Waals surface area contributed by atoms with Crippen LogP contribution in [-0.2, 0) is 11.3 Å². The molecule has 3 nitrogen and oxygen atoms in total. The first-order valence-electron chi connectivity index (χ1n) is 6.71. The van der Waals surface area contributed by atoms with E-state index in [1.165, 1.54) is 11.8 Å². The maximum absolute atomic E-state index is 11.9.